The standard InChI is InChI=1S/C8H10ClPS2/c9-10(7-1-3-11-5-7)8-2-4-12-6-8/h1,3,5,8H,2,4,6H2. The van der Waals surface area contributed by atoms with Crippen LogP contribution < -0.4 is 5.30 Å². The van der Waals surface area contributed by atoms with Gasteiger partial charge >= 0.3 is 0 Å². The normalized spacial score (nSPS) is 25.9. The minimum Gasteiger partial charge on any atom is -0.161 e. The molecule has 66 valence electrons. The fraction of sp³-hybridized carbons (Fsp3) is 0.500. The van der Waals surface area contributed by atoms with Crippen LogP contribution >= 0.6 is 41.6 Å². The van der Waals surface area contributed by atoms with E-state index in [0.29, 0.717) is 0 Å². The third kappa shape index (κ3) is 1.98. The van der Waals surface area contributed by atoms with Gasteiger partial charge in [-0.2, -0.15) is 23.1 Å². The molecule has 0 N–H and O–H groups in total. The minimum absolute atomic E-state index is 0.378. The zero-order valence-corrected chi connectivity index (χ0v) is 9.86. The van der Waals surface area contributed by atoms with Crippen LogP contribution in [0.5, 0.6) is 0 Å². The Labute approximate surface area is 87.2 Å². The van der Waals surface area contributed by atoms with Crippen LogP contribution in [0.3, 0.4) is 0 Å². The number of thioether (sulfide) groups is 1. The van der Waals surface area contributed by atoms with E-state index in [2.05, 4.69) is 16.8 Å². The molecule has 0 amide bonds. The monoisotopic (exact) mass is 236 g/mol. The molecule has 0 nitrogen and oxygen atoms in total. The van der Waals surface area contributed by atoms with Gasteiger partial charge in [0.25, 0.3) is 0 Å². The van der Waals surface area contributed by atoms with Gasteiger partial charge in [0.05, 0.1) is 0 Å². The lowest BCUT2D eigenvalue weighted by Crippen LogP contribution is -2.07. The van der Waals surface area contributed by atoms with Crippen molar-refractivity contribution in [2.45, 2.75) is 12.1 Å². The van der Waals surface area contributed by atoms with Crippen molar-refractivity contribution in [1.82, 2.24) is 0 Å². The molecule has 1 aliphatic rings. The van der Waals surface area contributed by atoms with E-state index in [-0.39, 0.29) is 7.27 Å². The summed E-state index contributed by atoms with van der Waals surface area (Å²) in [6, 6.07) is 2.17. The van der Waals surface area contributed by atoms with Gasteiger partial charge in [-0.3, -0.25) is 0 Å². The highest BCUT2D eigenvalue weighted by Crippen LogP contribution is 2.50. The van der Waals surface area contributed by atoms with E-state index in [1.165, 1.54) is 23.2 Å². The van der Waals surface area contributed by atoms with Crippen LogP contribution in [0.4, 0.5) is 0 Å². The largest absolute Gasteiger partial charge is 0.161 e. The highest BCUT2D eigenvalue weighted by molar-refractivity contribution is 8.01. The van der Waals surface area contributed by atoms with Crippen LogP contribution in [0.2, 0.25) is 0 Å². The number of halogens is 1. The van der Waals surface area contributed by atoms with E-state index in [0.717, 1.165) is 5.66 Å². The summed E-state index contributed by atoms with van der Waals surface area (Å²) in [5, 5.41) is 5.70. The van der Waals surface area contributed by atoms with E-state index >= 15 is 0 Å². The summed E-state index contributed by atoms with van der Waals surface area (Å²) < 4.78 is 0. The molecule has 0 saturated carbocycles. The van der Waals surface area contributed by atoms with Crippen LogP contribution in [-0.2, 0) is 0 Å². The maximum atomic E-state index is 6.41. The summed E-state index contributed by atoms with van der Waals surface area (Å²) in [7, 11) is -0.378. The molecule has 0 spiro atoms. The summed E-state index contributed by atoms with van der Waals surface area (Å²) in [5.41, 5.74) is 0.765. The fourth-order valence-electron chi connectivity index (χ4n) is 1.29. The first-order valence-corrected chi connectivity index (χ1v) is 8.34. The van der Waals surface area contributed by atoms with Gasteiger partial charge in [0.1, 0.15) is 0 Å². The van der Waals surface area contributed by atoms with Crippen LogP contribution in [0, 0.1) is 0 Å². The van der Waals surface area contributed by atoms with E-state index in [1.54, 1.807) is 11.3 Å². The van der Waals surface area contributed by atoms with Gasteiger partial charge in [-0.05, 0) is 29.0 Å². The van der Waals surface area contributed by atoms with Crippen molar-refractivity contribution >= 4 is 46.9 Å². The smallest absolute Gasteiger partial charge is 0.0261 e. The second-order valence-electron chi connectivity index (χ2n) is 2.81. The molecule has 1 aromatic heterocycles. The first-order chi connectivity index (χ1) is 5.88. The van der Waals surface area contributed by atoms with Gasteiger partial charge < -0.3 is 0 Å². The van der Waals surface area contributed by atoms with Gasteiger partial charge in [0.15, 0.2) is 0 Å². The molecule has 12 heavy (non-hydrogen) atoms. The average molecular weight is 237 g/mol. The van der Waals surface area contributed by atoms with Crippen molar-refractivity contribution < 1.29 is 0 Å². The van der Waals surface area contributed by atoms with Crippen LogP contribution in [0.15, 0.2) is 16.8 Å². The van der Waals surface area contributed by atoms with Crippen LogP contribution in [0.25, 0.3) is 0 Å². The van der Waals surface area contributed by atoms with Crippen LogP contribution in [-0.4, -0.2) is 17.2 Å². The highest BCUT2D eigenvalue weighted by atomic mass is 35.7. The third-order valence-corrected chi connectivity index (χ3v) is 7.51. The average Bonchev–Trinajstić information content (AvgIpc) is 2.77. The van der Waals surface area contributed by atoms with Gasteiger partial charge in [0, 0.05) is 24.0 Å². The molecule has 2 heterocycles. The van der Waals surface area contributed by atoms with E-state index < -0.39 is 0 Å². The van der Waals surface area contributed by atoms with Gasteiger partial charge in [-0.1, -0.05) is 11.2 Å². The van der Waals surface area contributed by atoms with Crippen LogP contribution in [0.1, 0.15) is 6.42 Å². The van der Waals surface area contributed by atoms with Crippen molar-refractivity contribution in [2.75, 3.05) is 11.5 Å². The summed E-state index contributed by atoms with van der Waals surface area (Å²) in [5.74, 6) is 2.57. The summed E-state index contributed by atoms with van der Waals surface area (Å²) in [6.45, 7) is 0. The molecular weight excluding hydrogens is 227 g/mol. The fourth-order valence-corrected chi connectivity index (χ4v) is 6.89. The lowest BCUT2D eigenvalue weighted by molar-refractivity contribution is 0.965. The summed E-state index contributed by atoms with van der Waals surface area (Å²) >= 11 is 10.2. The molecule has 4 heteroatoms. The van der Waals surface area contributed by atoms with Gasteiger partial charge in [-0.25, -0.2) is 0 Å². The Morgan fingerprint density at radius 1 is 1.58 bits per heavy atom. The number of hydrogen-bond donors (Lipinski definition) is 0. The minimum atomic E-state index is -0.378. The Balaban J connectivity index is 2.04. The van der Waals surface area contributed by atoms with Crippen molar-refractivity contribution in [1.29, 1.82) is 0 Å². The Morgan fingerprint density at radius 3 is 3.08 bits per heavy atom. The quantitative estimate of drug-likeness (QED) is 0.708. The Morgan fingerprint density at radius 2 is 2.50 bits per heavy atom. The van der Waals surface area contributed by atoms with Crippen molar-refractivity contribution in [3.05, 3.63) is 16.8 Å². The van der Waals surface area contributed by atoms with E-state index in [4.69, 9.17) is 11.2 Å². The van der Waals surface area contributed by atoms with Gasteiger partial charge in [-0.15, -0.1) is 0 Å². The SMILES string of the molecule is ClP(c1ccsc1)C1CCSC1. The lowest BCUT2D eigenvalue weighted by atomic mass is 10.4. The molecule has 0 aromatic carbocycles. The highest BCUT2D eigenvalue weighted by Gasteiger charge is 2.24. The molecule has 2 rings (SSSR count). The molecule has 2 unspecified atom stereocenters. The molecule has 1 aliphatic heterocycles. The van der Waals surface area contributed by atoms with Crippen molar-refractivity contribution in [3.63, 3.8) is 0 Å². The predicted octanol–water partition coefficient (Wildman–Crippen LogP) is 3.51. The van der Waals surface area contributed by atoms with E-state index in [9.17, 15) is 0 Å². The first-order valence-electron chi connectivity index (χ1n) is 3.93. The maximum Gasteiger partial charge on any atom is 0.0261 e. The van der Waals surface area contributed by atoms with E-state index in [1.807, 2.05) is 11.8 Å². The Bertz CT molecular complexity index is 231. The number of rotatable bonds is 2. The molecular formula is C8H10ClPS2. The Hall–Kier alpha value is 0.770. The maximum absolute atomic E-state index is 6.41. The molecule has 2 atom stereocenters. The zero-order valence-electron chi connectivity index (χ0n) is 6.57. The summed E-state index contributed by atoms with van der Waals surface area (Å²) in [6.07, 6.45) is 1.32. The number of thiophene rings is 1. The third-order valence-electron chi connectivity index (χ3n) is 1.98. The second-order valence-corrected chi connectivity index (χ2v) is 7.70. The lowest BCUT2D eigenvalue weighted by Gasteiger charge is -2.14. The topological polar surface area (TPSA) is 0 Å². The first kappa shape index (κ1) is 9.33. The molecule has 1 aromatic rings. The van der Waals surface area contributed by atoms with Crippen molar-refractivity contribution in [2.24, 2.45) is 0 Å². The molecule has 0 aliphatic carbocycles. The molecule has 0 bridgehead atoms. The molecule has 1 fully saturated rings. The van der Waals surface area contributed by atoms with Gasteiger partial charge in [0.2, 0.25) is 0 Å². The molecule has 1 saturated heterocycles. The predicted molar refractivity (Wildman–Crippen MR) is 62.5 cm³/mol. The second kappa shape index (κ2) is 4.32. The Kier molecular flexibility index (Phi) is 3.36. The number of hydrogen-bond acceptors (Lipinski definition) is 2. The summed E-state index contributed by atoms with van der Waals surface area (Å²) in [4.78, 5) is 0. The van der Waals surface area contributed by atoms with Crippen molar-refractivity contribution in [3.8, 4) is 0 Å². The molecule has 0 radical (unpaired) electrons. The zero-order chi connectivity index (χ0) is 8.39.